The van der Waals surface area contributed by atoms with Crippen molar-refractivity contribution in [2.45, 2.75) is 43.4 Å². The molecule has 1 aliphatic heterocycles. The first-order valence-corrected chi connectivity index (χ1v) is 10.1. The van der Waals surface area contributed by atoms with Crippen molar-refractivity contribution in [3.05, 3.63) is 41.0 Å². The molecule has 1 heterocycles. The van der Waals surface area contributed by atoms with Gasteiger partial charge >= 0.3 is 0 Å². The van der Waals surface area contributed by atoms with E-state index in [2.05, 4.69) is 0 Å². The Morgan fingerprint density at radius 1 is 0.970 bits per heavy atom. The summed E-state index contributed by atoms with van der Waals surface area (Å²) >= 11 is 0. The molecule has 11 heteroatoms. The number of Topliss-reactive ketones (excluding diaryl/α,β-unsaturated/α-hetero) is 1. The van der Waals surface area contributed by atoms with Crippen LogP contribution in [0.2, 0.25) is 0 Å². The lowest BCUT2D eigenvalue weighted by atomic mass is 9.88. The molecule has 2 aromatic carbocycles. The predicted molar refractivity (Wildman–Crippen MR) is 111 cm³/mol. The van der Waals surface area contributed by atoms with Crippen LogP contribution in [0.3, 0.4) is 0 Å². The third kappa shape index (κ3) is 4.68. The topological polar surface area (TPSA) is 197 Å². The van der Waals surface area contributed by atoms with E-state index in [4.69, 9.17) is 9.47 Å². The second kappa shape index (κ2) is 9.81. The number of methoxy groups -OCH3 is 1. The highest BCUT2D eigenvalue weighted by Gasteiger charge is 2.46. The van der Waals surface area contributed by atoms with Crippen LogP contribution in [0.15, 0.2) is 24.3 Å². The number of rotatable bonds is 7. The number of phenols is 4. The van der Waals surface area contributed by atoms with E-state index in [1.807, 2.05) is 0 Å². The third-order valence-corrected chi connectivity index (χ3v) is 5.64. The summed E-state index contributed by atoms with van der Waals surface area (Å²) in [5, 5.41) is 80.6. The second-order valence-electron chi connectivity index (χ2n) is 7.73. The summed E-state index contributed by atoms with van der Waals surface area (Å²) in [6.07, 6.45) is -8.23. The molecule has 11 nitrogen and oxygen atoms in total. The SMILES string of the molecule is COc1cc(CCC(=O)c2c(O)cc(O)c([C@@H]3O[C@H](CO)[C@@H](O)[C@H](O)[C@H]3O)c2O)ccc1O. The minimum atomic E-state index is -1.82. The quantitative estimate of drug-likeness (QED) is 0.253. The summed E-state index contributed by atoms with van der Waals surface area (Å²) in [5.74, 6) is -2.89. The predicted octanol–water partition coefficient (Wildman–Crippen LogP) is -0.152. The number of carbonyl (C=O) groups excluding carboxylic acids is 1. The third-order valence-electron chi connectivity index (χ3n) is 5.64. The number of aliphatic hydroxyl groups is 4. The van der Waals surface area contributed by atoms with Gasteiger partial charge in [-0.15, -0.1) is 0 Å². The van der Waals surface area contributed by atoms with E-state index in [1.54, 1.807) is 6.07 Å². The Labute approximate surface area is 188 Å². The fourth-order valence-electron chi connectivity index (χ4n) is 3.81. The first kappa shape index (κ1) is 24.6. The van der Waals surface area contributed by atoms with Crippen molar-refractivity contribution in [1.82, 2.24) is 0 Å². The molecule has 1 aliphatic rings. The van der Waals surface area contributed by atoms with Crippen LogP contribution in [-0.4, -0.2) is 84.8 Å². The Kier molecular flexibility index (Phi) is 7.30. The maximum Gasteiger partial charge on any atom is 0.170 e. The molecule has 1 saturated heterocycles. The van der Waals surface area contributed by atoms with Crippen molar-refractivity contribution in [2.75, 3.05) is 13.7 Å². The van der Waals surface area contributed by atoms with Gasteiger partial charge in [0.1, 0.15) is 53.3 Å². The Bertz CT molecular complexity index is 1020. The lowest BCUT2D eigenvalue weighted by Gasteiger charge is -2.40. The van der Waals surface area contributed by atoms with Gasteiger partial charge in [0.15, 0.2) is 17.3 Å². The van der Waals surface area contributed by atoms with Gasteiger partial charge in [0.25, 0.3) is 0 Å². The number of carbonyl (C=O) groups is 1. The van der Waals surface area contributed by atoms with Gasteiger partial charge in [-0.2, -0.15) is 0 Å². The van der Waals surface area contributed by atoms with Gasteiger partial charge < -0.3 is 50.3 Å². The molecule has 33 heavy (non-hydrogen) atoms. The number of aromatic hydroxyl groups is 4. The molecule has 180 valence electrons. The van der Waals surface area contributed by atoms with Crippen molar-refractivity contribution in [3.63, 3.8) is 0 Å². The summed E-state index contributed by atoms with van der Waals surface area (Å²) in [5.41, 5.74) is -0.394. The minimum Gasteiger partial charge on any atom is -0.507 e. The molecule has 0 aromatic heterocycles. The molecule has 0 aliphatic carbocycles. The van der Waals surface area contributed by atoms with Gasteiger partial charge in [0.2, 0.25) is 0 Å². The Morgan fingerprint density at radius 3 is 2.30 bits per heavy atom. The number of aryl methyl sites for hydroxylation is 1. The van der Waals surface area contributed by atoms with Crippen LogP contribution >= 0.6 is 0 Å². The Hall–Kier alpha value is -3.09. The molecule has 8 N–H and O–H groups in total. The van der Waals surface area contributed by atoms with Crippen LogP contribution in [-0.2, 0) is 11.2 Å². The van der Waals surface area contributed by atoms with E-state index >= 15 is 0 Å². The van der Waals surface area contributed by atoms with Gasteiger partial charge in [0.05, 0.1) is 19.3 Å². The summed E-state index contributed by atoms with van der Waals surface area (Å²) in [4.78, 5) is 12.8. The molecule has 2 aromatic rings. The van der Waals surface area contributed by atoms with E-state index in [-0.39, 0.29) is 24.3 Å². The molecular formula is C22H26O11. The number of benzene rings is 2. The number of phenolic OH excluding ortho intramolecular Hbond substituents is 4. The van der Waals surface area contributed by atoms with Gasteiger partial charge in [0, 0.05) is 12.5 Å². The zero-order valence-corrected chi connectivity index (χ0v) is 17.6. The highest BCUT2D eigenvalue weighted by Crippen LogP contribution is 2.46. The maximum atomic E-state index is 12.8. The Balaban J connectivity index is 1.91. The molecule has 0 spiro atoms. The molecular weight excluding hydrogens is 440 g/mol. The smallest absolute Gasteiger partial charge is 0.170 e. The lowest BCUT2D eigenvalue weighted by molar-refractivity contribution is -0.232. The number of hydrogen-bond donors (Lipinski definition) is 8. The maximum absolute atomic E-state index is 12.8. The van der Waals surface area contributed by atoms with Crippen molar-refractivity contribution in [1.29, 1.82) is 0 Å². The van der Waals surface area contributed by atoms with E-state index in [1.165, 1.54) is 19.2 Å². The van der Waals surface area contributed by atoms with Crippen LogP contribution in [0.25, 0.3) is 0 Å². The molecule has 0 radical (unpaired) electrons. The zero-order valence-electron chi connectivity index (χ0n) is 17.6. The van der Waals surface area contributed by atoms with Crippen LogP contribution < -0.4 is 4.74 Å². The second-order valence-corrected chi connectivity index (χ2v) is 7.73. The monoisotopic (exact) mass is 466 g/mol. The number of ketones is 1. The number of aliphatic hydroxyl groups excluding tert-OH is 4. The van der Waals surface area contributed by atoms with Crippen molar-refractivity contribution < 1.29 is 55.1 Å². The summed E-state index contributed by atoms with van der Waals surface area (Å²) in [7, 11) is 1.37. The van der Waals surface area contributed by atoms with Crippen LogP contribution in [0.4, 0.5) is 0 Å². The molecule has 0 saturated carbocycles. The molecule has 0 bridgehead atoms. The largest absolute Gasteiger partial charge is 0.507 e. The average molecular weight is 466 g/mol. The van der Waals surface area contributed by atoms with Crippen molar-refractivity contribution in [3.8, 4) is 28.7 Å². The highest BCUT2D eigenvalue weighted by atomic mass is 16.5. The first-order chi connectivity index (χ1) is 15.6. The Morgan fingerprint density at radius 2 is 1.67 bits per heavy atom. The van der Waals surface area contributed by atoms with E-state index in [0.29, 0.717) is 5.56 Å². The average Bonchev–Trinajstić information content (AvgIpc) is 2.78. The number of hydrogen-bond acceptors (Lipinski definition) is 11. The molecule has 1 fully saturated rings. The van der Waals surface area contributed by atoms with Crippen LogP contribution in [0.5, 0.6) is 28.7 Å². The van der Waals surface area contributed by atoms with E-state index in [9.17, 15) is 45.6 Å². The first-order valence-electron chi connectivity index (χ1n) is 10.1. The summed E-state index contributed by atoms with van der Waals surface area (Å²) < 4.78 is 10.4. The summed E-state index contributed by atoms with van der Waals surface area (Å²) in [6.45, 7) is -0.733. The zero-order chi connectivity index (χ0) is 24.4. The van der Waals surface area contributed by atoms with Gasteiger partial charge in [-0.1, -0.05) is 6.07 Å². The minimum absolute atomic E-state index is 0.0782. The molecule has 3 rings (SSSR count). The fourth-order valence-corrected chi connectivity index (χ4v) is 3.81. The van der Waals surface area contributed by atoms with Gasteiger partial charge in [-0.25, -0.2) is 0 Å². The van der Waals surface area contributed by atoms with Crippen molar-refractivity contribution >= 4 is 5.78 Å². The van der Waals surface area contributed by atoms with Gasteiger partial charge in [-0.3, -0.25) is 4.79 Å². The molecule has 0 unspecified atom stereocenters. The van der Waals surface area contributed by atoms with Crippen LogP contribution in [0, 0.1) is 0 Å². The van der Waals surface area contributed by atoms with Crippen LogP contribution in [0.1, 0.15) is 34.0 Å². The standard InChI is InChI=1S/C22H26O11/c1-32-14-6-9(2-4-10(14)24)3-5-11(25)16-12(26)7-13(27)17(19(16)29)22-21(31)20(30)18(28)15(8-23)33-22/h2,4,6-7,15,18,20-24,26-31H,3,5,8H2,1H3/t15-,18-,20+,21-,22+/m1/s1. The molecule has 5 atom stereocenters. The van der Waals surface area contributed by atoms with Crippen molar-refractivity contribution in [2.24, 2.45) is 0 Å². The normalized spacial score (nSPS) is 25.1. The summed E-state index contributed by atoms with van der Waals surface area (Å²) in [6, 6.07) is 5.28. The number of ether oxygens (including phenoxy) is 2. The highest BCUT2D eigenvalue weighted by molar-refractivity contribution is 6.02. The lowest BCUT2D eigenvalue weighted by Crippen LogP contribution is -2.55. The molecule has 0 amide bonds. The van der Waals surface area contributed by atoms with Gasteiger partial charge in [-0.05, 0) is 24.1 Å². The fraction of sp³-hybridized carbons (Fsp3) is 0.409. The van der Waals surface area contributed by atoms with E-state index in [0.717, 1.165) is 6.07 Å². The van der Waals surface area contributed by atoms with E-state index < -0.39 is 71.3 Å².